The van der Waals surface area contributed by atoms with Crippen molar-refractivity contribution in [2.24, 2.45) is 12.8 Å². The number of aromatic nitrogens is 3. The molecular formula is C8H9ClN4. The van der Waals surface area contributed by atoms with E-state index in [1.54, 1.807) is 10.8 Å². The lowest BCUT2D eigenvalue weighted by Gasteiger charge is -1.97. The molecule has 13 heavy (non-hydrogen) atoms. The maximum Gasteiger partial charge on any atom is 0.204 e. The number of nitrogens with zero attached hydrogens (tertiary/aromatic N) is 3. The van der Waals surface area contributed by atoms with E-state index in [4.69, 9.17) is 17.3 Å². The Kier molecular flexibility index (Phi) is 1.94. The van der Waals surface area contributed by atoms with Crippen LogP contribution in [0.2, 0.25) is 5.28 Å². The van der Waals surface area contributed by atoms with Crippen molar-refractivity contribution in [2.45, 2.75) is 6.54 Å². The van der Waals surface area contributed by atoms with Gasteiger partial charge in [-0.3, -0.25) is 0 Å². The number of halogens is 1. The highest BCUT2D eigenvalue weighted by molar-refractivity contribution is 6.29. The molecule has 2 rings (SSSR count). The van der Waals surface area contributed by atoms with E-state index in [1.807, 2.05) is 13.1 Å². The molecule has 2 heterocycles. The molecule has 0 aromatic carbocycles. The van der Waals surface area contributed by atoms with Gasteiger partial charge in [0, 0.05) is 19.8 Å². The molecule has 0 amide bonds. The summed E-state index contributed by atoms with van der Waals surface area (Å²) in [7, 11) is 1.82. The molecule has 0 aliphatic rings. The first-order valence-corrected chi connectivity index (χ1v) is 4.27. The van der Waals surface area contributed by atoms with Crippen molar-refractivity contribution < 1.29 is 0 Å². The van der Waals surface area contributed by atoms with E-state index >= 15 is 0 Å². The predicted octanol–water partition coefficient (Wildman–Crippen LogP) is 1.08. The summed E-state index contributed by atoms with van der Waals surface area (Å²) in [6, 6.07) is 1.85. The number of fused-ring (bicyclic) bond motifs is 1. The van der Waals surface area contributed by atoms with Gasteiger partial charge in [0.05, 0.1) is 0 Å². The molecule has 0 aliphatic carbocycles. The van der Waals surface area contributed by atoms with E-state index in [0.717, 1.165) is 16.7 Å². The summed E-state index contributed by atoms with van der Waals surface area (Å²) in [5, 5.41) is 0.434. The van der Waals surface area contributed by atoms with Crippen molar-refractivity contribution in [1.82, 2.24) is 14.5 Å². The minimum absolute atomic E-state index is 0.434. The SMILES string of the molecule is Cn1c(Cl)nc2c(CN)ccnc21. The molecule has 0 saturated heterocycles. The fourth-order valence-electron chi connectivity index (χ4n) is 1.27. The first-order valence-electron chi connectivity index (χ1n) is 3.90. The van der Waals surface area contributed by atoms with Gasteiger partial charge < -0.3 is 10.3 Å². The third-order valence-corrected chi connectivity index (χ3v) is 2.35. The van der Waals surface area contributed by atoms with Crippen LogP contribution < -0.4 is 5.73 Å². The van der Waals surface area contributed by atoms with Crippen LogP contribution in [0, 0.1) is 0 Å². The summed E-state index contributed by atoms with van der Waals surface area (Å²) < 4.78 is 1.73. The topological polar surface area (TPSA) is 56.7 Å². The highest BCUT2D eigenvalue weighted by atomic mass is 35.5. The third kappa shape index (κ3) is 1.18. The van der Waals surface area contributed by atoms with Gasteiger partial charge in [-0.1, -0.05) is 0 Å². The predicted molar refractivity (Wildman–Crippen MR) is 51.4 cm³/mol. The largest absolute Gasteiger partial charge is 0.326 e. The highest BCUT2D eigenvalue weighted by Crippen LogP contribution is 2.18. The standard InChI is InChI=1S/C8H9ClN4/c1-13-7-6(12-8(13)9)5(4-10)2-3-11-7/h2-3H,4,10H2,1H3. The van der Waals surface area contributed by atoms with Gasteiger partial charge in [-0.2, -0.15) is 0 Å². The molecule has 0 radical (unpaired) electrons. The smallest absolute Gasteiger partial charge is 0.204 e. The van der Waals surface area contributed by atoms with E-state index in [9.17, 15) is 0 Å². The third-order valence-electron chi connectivity index (χ3n) is 2.01. The van der Waals surface area contributed by atoms with Crippen LogP contribution in [0.25, 0.3) is 11.2 Å². The zero-order valence-corrected chi connectivity index (χ0v) is 7.91. The van der Waals surface area contributed by atoms with Crippen molar-refractivity contribution in [3.8, 4) is 0 Å². The average molecular weight is 197 g/mol. The number of hydrogen-bond acceptors (Lipinski definition) is 3. The fourth-order valence-corrected chi connectivity index (χ4v) is 1.43. The maximum atomic E-state index is 5.85. The van der Waals surface area contributed by atoms with Crippen molar-refractivity contribution in [1.29, 1.82) is 0 Å². The molecule has 5 heteroatoms. The summed E-state index contributed by atoms with van der Waals surface area (Å²) in [4.78, 5) is 8.34. The quantitative estimate of drug-likeness (QED) is 0.743. The number of nitrogens with two attached hydrogens (primary N) is 1. The number of hydrogen-bond donors (Lipinski definition) is 1. The van der Waals surface area contributed by atoms with Crippen molar-refractivity contribution >= 4 is 22.8 Å². The molecule has 0 unspecified atom stereocenters. The Balaban J connectivity index is 2.84. The minimum Gasteiger partial charge on any atom is -0.326 e. The van der Waals surface area contributed by atoms with Crippen LogP contribution in [-0.4, -0.2) is 14.5 Å². The van der Waals surface area contributed by atoms with Crippen LogP contribution in [-0.2, 0) is 13.6 Å². The lowest BCUT2D eigenvalue weighted by Crippen LogP contribution is -1.98. The second-order valence-corrected chi connectivity index (χ2v) is 3.12. The zero-order valence-electron chi connectivity index (χ0n) is 7.16. The molecule has 0 fully saturated rings. The number of rotatable bonds is 1. The van der Waals surface area contributed by atoms with E-state index in [1.165, 1.54) is 0 Å². The molecule has 4 nitrogen and oxygen atoms in total. The van der Waals surface area contributed by atoms with E-state index in [-0.39, 0.29) is 0 Å². The van der Waals surface area contributed by atoms with Gasteiger partial charge >= 0.3 is 0 Å². The first-order chi connectivity index (χ1) is 6.24. The Hall–Kier alpha value is -1.13. The zero-order chi connectivity index (χ0) is 9.42. The van der Waals surface area contributed by atoms with Gasteiger partial charge in [0.2, 0.25) is 5.28 Å². The second kappa shape index (κ2) is 2.97. The molecule has 0 atom stereocenters. The summed E-state index contributed by atoms with van der Waals surface area (Å²) in [6.45, 7) is 0.451. The summed E-state index contributed by atoms with van der Waals surface area (Å²) >= 11 is 5.85. The molecular weight excluding hydrogens is 188 g/mol. The van der Waals surface area contributed by atoms with Crippen LogP contribution in [0.4, 0.5) is 0 Å². The Morgan fingerprint density at radius 2 is 2.38 bits per heavy atom. The highest BCUT2D eigenvalue weighted by Gasteiger charge is 2.08. The molecule has 2 N–H and O–H groups in total. The van der Waals surface area contributed by atoms with Crippen molar-refractivity contribution in [2.75, 3.05) is 0 Å². The molecule has 0 saturated carbocycles. The summed E-state index contributed by atoms with van der Waals surface area (Å²) in [5.41, 5.74) is 8.08. The van der Waals surface area contributed by atoms with E-state index < -0.39 is 0 Å². The first kappa shape index (κ1) is 8.47. The molecule has 0 spiro atoms. The normalized spacial score (nSPS) is 11.0. The monoisotopic (exact) mass is 196 g/mol. The van der Waals surface area contributed by atoms with Crippen LogP contribution >= 0.6 is 11.6 Å². The Morgan fingerprint density at radius 3 is 3.08 bits per heavy atom. The van der Waals surface area contributed by atoms with Gasteiger partial charge in [0.1, 0.15) is 5.52 Å². The molecule has 68 valence electrons. The maximum absolute atomic E-state index is 5.85. The lowest BCUT2D eigenvalue weighted by atomic mass is 10.2. The Morgan fingerprint density at radius 1 is 1.62 bits per heavy atom. The number of pyridine rings is 1. The van der Waals surface area contributed by atoms with E-state index in [0.29, 0.717) is 11.8 Å². The summed E-state index contributed by atoms with van der Waals surface area (Å²) in [5.74, 6) is 0. The van der Waals surface area contributed by atoms with Gasteiger partial charge in [0.25, 0.3) is 0 Å². The average Bonchev–Trinajstić information content (AvgIpc) is 2.43. The summed E-state index contributed by atoms with van der Waals surface area (Å²) in [6.07, 6.45) is 1.71. The van der Waals surface area contributed by atoms with Crippen LogP contribution in [0.3, 0.4) is 0 Å². The molecule has 0 bridgehead atoms. The number of imidazole rings is 1. The van der Waals surface area contributed by atoms with Crippen LogP contribution in [0.5, 0.6) is 0 Å². The molecule has 2 aromatic rings. The fraction of sp³-hybridized carbons (Fsp3) is 0.250. The molecule has 2 aromatic heterocycles. The molecule has 0 aliphatic heterocycles. The Bertz CT molecular complexity index is 449. The second-order valence-electron chi connectivity index (χ2n) is 2.79. The number of aryl methyl sites for hydroxylation is 1. The van der Waals surface area contributed by atoms with E-state index in [2.05, 4.69) is 9.97 Å². The minimum atomic E-state index is 0.434. The van der Waals surface area contributed by atoms with Gasteiger partial charge in [-0.15, -0.1) is 0 Å². The van der Waals surface area contributed by atoms with Crippen LogP contribution in [0.1, 0.15) is 5.56 Å². The Labute approximate surface area is 80.3 Å². The van der Waals surface area contributed by atoms with Gasteiger partial charge in [-0.25, -0.2) is 9.97 Å². The van der Waals surface area contributed by atoms with Crippen molar-refractivity contribution in [3.05, 3.63) is 23.1 Å². The van der Waals surface area contributed by atoms with Gasteiger partial charge in [-0.05, 0) is 23.2 Å². The lowest BCUT2D eigenvalue weighted by molar-refractivity contribution is 0.931. The van der Waals surface area contributed by atoms with Crippen LogP contribution in [0.15, 0.2) is 12.3 Å². The van der Waals surface area contributed by atoms with Gasteiger partial charge in [0.15, 0.2) is 5.65 Å². The van der Waals surface area contributed by atoms with Crippen molar-refractivity contribution in [3.63, 3.8) is 0 Å².